The van der Waals surface area contributed by atoms with Crippen molar-refractivity contribution in [3.05, 3.63) is 22.4 Å². The van der Waals surface area contributed by atoms with Crippen LogP contribution in [0.25, 0.3) is 0 Å². The number of guanidine groups is 1. The molecule has 1 heterocycles. The smallest absolute Gasteiger partial charge is 0.191 e. The molecule has 0 amide bonds. The van der Waals surface area contributed by atoms with Gasteiger partial charge in [-0.3, -0.25) is 4.99 Å². The van der Waals surface area contributed by atoms with Crippen molar-refractivity contribution in [2.45, 2.75) is 51.3 Å². The molecule has 2 saturated carbocycles. The summed E-state index contributed by atoms with van der Waals surface area (Å²) >= 11 is 1.73. The van der Waals surface area contributed by atoms with Crippen LogP contribution in [0.4, 0.5) is 0 Å². The third-order valence-electron chi connectivity index (χ3n) is 5.01. The van der Waals surface area contributed by atoms with Crippen LogP contribution >= 0.6 is 35.3 Å². The largest absolute Gasteiger partial charge is 0.378 e. The van der Waals surface area contributed by atoms with Crippen molar-refractivity contribution in [2.24, 2.45) is 10.4 Å². The van der Waals surface area contributed by atoms with Crippen molar-refractivity contribution < 1.29 is 4.74 Å². The molecular weight excluding hydrogens is 409 g/mol. The fourth-order valence-electron chi connectivity index (χ4n) is 3.58. The monoisotopic (exact) mass is 435 g/mol. The number of aliphatic imine (C=N–C) groups is 1. The Kier molecular flexibility index (Phi) is 6.52. The van der Waals surface area contributed by atoms with E-state index in [1.165, 1.54) is 24.8 Å². The van der Waals surface area contributed by atoms with E-state index < -0.39 is 0 Å². The zero-order valence-electron chi connectivity index (χ0n) is 13.3. The van der Waals surface area contributed by atoms with Gasteiger partial charge in [0.2, 0.25) is 0 Å². The van der Waals surface area contributed by atoms with E-state index in [4.69, 9.17) is 4.74 Å². The quantitative estimate of drug-likeness (QED) is 0.424. The summed E-state index contributed by atoms with van der Waals surface area (Å²) in [4.78, 5) is 4.36. The van der Waals surface area contributed by atoms with Crippen LogP contribution in [0, 0.1) is 5.41 Å². The Labute approximate surface area is 154 Å². The highest BCUT2D eigenvalue weighted by atomic mass is 127. The van der Waals surface area contributed by atoms with Gasteiger partial charge in [-0.05, 0) is 48.6 Å². The fourth-order valence-corrected chi connectivity index (χ4v) is 4.25. The van der Waals surface area contributed by atoms with Crippen molar-refractivity contribution in [2.75, 3.05) is 13.7 Å². The molecule has 2 N–H and O–H groups in total. The van der Waals surface area contributed by atoms with Gasteiger partial charge in [0.1, 0.15) is 0 Å². The van der Waals surface area contributed by atoms with Crippen molar-refractivity contribution in [1.82, 2.24) is 10.6 Å². The zero-order valence-corrected chi connectivity index (χ0v) is 16.4. The van der Waals surface area contributed by atoms with E-state index in [2.05, 4.69) is 39.4 Å². The second kappa shape index (κ2) is 7.97. The maximum atomic E-state index is 5.90. The van der Waals surface area contributed by atoms with Crippen LogP contribution in [0.3, 0.4) is 0 Å². The Balaban J connectivity index is 0.00000176. The van der Waals surface area contributed by atoms with Gasteiger partial charge in [-0.25, -0.2) is 0 Å². The molecule has 0 aromatic carbocycles. The second-order valence-electron chi connectivity index (χ2n) is 6.02. The Bertz CT molecular complexity index is 488. The van der Waals surface area contributed by atoms with Gasteiger partial charge in [0.05, 0.1) is 6.10 Å². The van der Waals surface area contributed by atoms with Crippen LogP contribution in [-0.4, -0.2) is 31.8 Å². The summed E-state index contributed by atoms with van der Waals surface area (Å²) in [5.74, 6) is 0.910. The number of rotatable bonds is 5. The van der Waals surface area contributed by atoms with Crippen molar-refractivity contribution >= 4 is 41.3 Å². The number of ether oxygens (including phenoxy) is 1. The van der Waals surface area contributed by atoms with Crippen LogP contribution in [0.1, 0.15) is 38.2 Å². The summed E-state index contributed by atoms with van der Waals surface area (Å²) in [6, 6.07) is 2.66. The summed E-state index contributed by atoms with van der Waals surface area (Å²) in [6.45, 7) is 3.75. The first-order valence-electron chi connectivity index (χ1n) is 7.88. The minimum atomic E-state index is 0. The maximum Gasteiger partial charge on any atom is 0.191 e. The van der Waals surface area contributed by atoms with E-state index in [-0.39, 0.29) is 24.0 Å². The first-order valence-corrected chi connectivity index (χ1v) is 8.82. The van der Waals surface area contributed by atoms with E-state index in [9.17, 15) is 0 Å². The van der Waals surface area contributed by atoms with Crippen LogP contribution in [0.2, 0.25) is 0 Å². The second-order valence-corrected chi connectivity index (χ2v) is 6.80. The van der Waals surface area contributed by atoms with Crippen LogP contribution in [-0.2, 0) is 11.3 Å². The molecule has 2 fully saturated rings. The molecule has 0 aliphatic heterocycles. The summed E-state index contributed by atoms with van der Waals surface area (Å²) in [7, 11) is 1.84. The molecule has 0 bridgehead atoms. The van der Waals surface area contributed by atoms with Gasteiger partial charge in [-0.2, -0.15) is 11.3 Å². The lowest BCUT2D eigenvalue weighted by atomic mass is 9.51. The molecule has 0 saturated heterocycles. The molecule has 2 unspecified atom stereocenters. The van der Waals surface area contributed by atoms with Gasteiger partial charge >= 0.3 is 0 Å². The van der Waals surface area contributed by atoms with E-state index >= 15 is 0 Å². The van der Waals surface area contributed by atoms with Gasteiger partial charge in [0.25, 0.3) is 0 Å². The van der Waals surface area contributed by atoms with E-state index in [0.717, 1.165) is 25.5 Å². The minimum Gasteiger partial charge on any atom is -0.378 e. The van der Waals surface area contributed by atoms with Crippen molar-refractivity contribution in [3.8, 4) is 0 Å². The molecule has 1 spiro atoms. The predicted molar refractivity (Wildman–Crippen MR) is 103 cm³/mol. The molecule has 2 atom stereocenters. The highest BCUT2D eigenvalue weighted by Crippen LogP contribution is 2.57. The molecule has 4 nitrogen and oxygen atoms in total. The first-order chi connectivity index (χ1) is 10.3. The minimum absolute atomic E-state index is 0. The Morgan fingerprint density at radius 1 is 1.50 bits per heavy atom. The molecule has 3 rings (SSSR count). The number of halogens is 1. The van der Waals surface area contributed by atoms with Crippen molar-refractivity contribution in [1.29, 1.82) is 0 Å². The SMILES string of the molecule is CCOC1CC(NC(=NC)NCc2ccsc2)C12CCC2.I. The average molecular weight is 435 g/mol. The summed E-state index contributed by atoms with van der Waals surface area (Å²) in [5, 5.41) is 11.3. The molecule has 0 radical (unpaired) electrons. The molecule has 1 aromatic heterocycles. The molecule has 22 heavy (non-hydrogen) atoms. The van der Waals surface area contributed by atoms with Crippen LogP contribution < -0.4 is 10.6 Å². The number of hydrogen-bond acceptors (Lipinski definition) is 3. The number of hydrogen-bond donors (Lipinski definition) is 2. The number of thiophene rings is 1. The Morgan fingerprint density at radius 2 is 2.32 bits per heavy atom. The molecule has 6 heteroatoms. The fraction of sp³-hybridized carbons (Fsp3) is 0.688. The van der Waals surface area contributed by atoms with Gasteiger partial charge in [0.15, 0.2) is 5.96 Å². The average Bonchev–Trinajstić information content (AvgIpc) is 2.92. The first kappa shape index (κ1) is 18.0. The Hall–Kier alpha value is -0.340. The van der Waals surface area contributed by atoms with E-state index in [1.54, 1.807) is 11.3 Å². The van der Waals surface area contributed by atoms with Gasteiger partial charge in [0, 0.05) is 31.7 Å². The lowest BCUT2D eigenvalue weighted by molar-refractivity contribution is -0.168. The normalized spacial score (nSPS) is 25.8. The van der Waals surface area contributed by atoms with E-state index in [0.29, 0.717) is 17.6 Å². The lowest BCUT2D eigenvalue weighted by Crippen LogP contribution is -2.68. The number of nitrogens with one attached hydrogen (secondary N) is 2. The van der Waals surface area contributed by atoms with Crippen molar-refractivity contribution in [3.63, 3.8) is 0 Å². The third kappa shape index (κ3) is 3.43. The summed E-state index contributed by atoms with van der Waals surface area (Å²) in [6.07, 6.45) is 5.47. The standard InChI is InChI=1S/C16H25N3OS.HI/c1-3-20-14-9-13(16(14)6-4-7-16)19-15(17-2)18-10-12-5-8-21-11-12;/h5,8,11,13-14H,3-4,6-7,9-10H2,1-2H3,(H2,17,18,19);1H. The summed E-state index contributed by atoms with van der Waals surface area (Å²) in [5.41, 5.74) is 1.68. The van der Waals surface area contributed by atoms with Gasteiger partial charge in [-0.15, -0.1) is 24.0 Å². The highest BCUT2D eigenvalue weighted by molar-refractivity contribution is 14.0. The molecule has 124 valence electrons. The maximum absolute atomic E-state index is 5.90. The number of nitrogens with zero attached hydrogens (tertiary/aromatic N) is 1. The molecule has 1 aromatic rings. The van der Waals surface area contributed by atoms with Crippen LogP contribution in [0.15, 0.2) is 21.8 Å². The molecular formula is C16H26IN3OS. The third-order valence-corrected chi connectivity index (χ3v) is 5.74. The molecule has 2 aliphatic carbocycles. The zero-order chi connectivity index (χ0) is 14.7. The van der Waals surface area contributed by atoms with E-state index in [1.807, 2.05) is 7.05 Å². The summed E-state index contributed by atoms with van der Waals surface area (Å²) < 4.78 is 5.90. The van der Waals surface area contributed by atoms with Gasteiger partial charge in [-0.1, -0.05) is 6.42 Å². The Morgan fingerprint density at radius 3 is 2.86 bits per heavy atom. The van der Waals surface area contributed by atoms with Gasteiger partial charge < -0.3 is 15.4 Å². The highest BCUT2D eigenvalue weighted by Gasteiger charge is 2.59. The van der Waals surface area contributed by atoms with Crippen LogP contribution in [0.5, 0.6) is 0 Å². The predicted octanol–water partition coefficient (Wildman–Crippen LogP) is 3.38. The molecule has 2 aliphatic rings. The topological polar surface area (TPSA) is 45.6 Å². The lowest BCUT2D eigenvalue weighted by Gasteiger charge is -2.61.